The lowest BCUT2D eigenvalue weighted by Crippen LogP contribution is -2.27. The van der Waals surface area contributed by atoms with Crippen molar-refractivity contribution in [2.24, 2.45) is 7.05 Å². The van der Waals surface area contributed by atoms with Gasteiger partial charge in [-0.1, -0.05) is 0 Å². The number of carbonyl (C=O) groups excluding carboxylic acids is 2. The highest BCUT2D eigenvalue weighted by Gasteiger charge is 2.16. The first kappa shape index (κ1) is 13.1. The predicted octanol–water partition coefficient (Wildman–Crippen LogP) is 0.736. The number of rotatable bonds is 2. The molecular weight excluding hydrogens is 224 g/mol. The van der Waals surface area contributed by atoms with Crippen LogP contribution in [-0.2, 0) is 11.8 Å². The van der Waals surface area contributed by atoms with Crippen molar-refractivity contribution in [1.82, 2.24) is 4.57 Å². The molecule has 1 aromatic heterocycles. The molecule has 6 nitrogen and oxygen atoms in total. The van der Waals surface area contributed by atoms with Crippen LogP contribution < -0.4 is 10.4 Å². The van der Waals surface area contributed by atoms with E-state index in [-0.39, 0.29) is 5.69 Å². The van der Waals surface area contributed by atoms with Crippen LogP contribution in [0, 0.1) is 0 Å². The quantitative estimate of drug-likeness (QED) is 0.824. The third kappa shape index (κ3) is 3.82. The maximum absolute atomic E-state index is 11.4. The average Bonchev–Trinajstić information content (AvgIpc) is 2.42. The Morgan fingerprint density at radius 1 is 1.41 bits per heavy atom. The molecule has 0 saturated heterocycles. The summed E-state index contributed by atoms with van der Waals surface area (Å²) in [5.74, 6) is -1.30. The first-order chi connectivity index (χ1) is 7.69. The van der Waals surface area contributed by atoms with Gasteiger partial charge in [-0.25, -0.2) is 4.79 Å². The highest BCUT2D eigenvalue weighted by atomic mass is 16.6. The van der Waals surface area contributed by atoms with Gasteiger partial charge in [0.25, 0.3) is 0 Å². The van der Waals surface area contributed by atoms with E-state index in [1.165, 1.54) is 16.8 Å². The molecule has 0 saturated carbocycles. The summed E-state index contributed by atoms with van der Waals surface area (Å²) < 4.78 is 6.38. The largest absolute Gasteiger partial charge is 0.543 e. The van der Waals surface area contributed by atoms with Gasteiger partial charge >= 0.3 is 6.09 Å². The van der Waals surface area contributed by atoms with E-state index in [9.17, 15) is 14.7 Å². The van der Waals surface area contributed by atoms with Crippen molar-refractivity contribution in [3.05, 3.63) is 18.0 Å². The van der Waals surface area contributed by atoms with Crippen molar-refractivity contribution in [3.63, 3.8) is 0 Å². The Morgan fingerprint density at radius 2 is 2.00 bits per heavy atom. The molecule has 1 heterocycles. The third-order valence-corrected chi connectivity index (χ3v) is 1.86. The van der Waals surface area contributed by atoms with Gasteiger partial charge in [-0.2, -0.15) is 0 Å². The number of carboxylic acids is 1. The van der Waals surface area contributed by atoms with Gasteiger partial charge in [0.05, 0.1) is 17.4 Å². The van der Waals surface area contributed by atoms with Gasteiger partial charge in [-0.15, -0.1) is 0 Å². The molecule has 0 unspecified atom stereocenters. The number of hydrogen-bond acceptors (Lipinski definition) is 4. The summed E-state index contributed by atoms with van der Waals surface area (Å²) in [5, 5.41) is 13.1. The Kier molecular flexibility index (Phi) is 3.45. The maximum Gasteiger partial charge on any atom is 0.412 e. The highest BCUT2D eigenvalue weighted by molar-refractivity contribution is 5.89. The van der Waals surface area contributed by atoms with E-state index in [1.807, 2.05) is 0 Å². The van der Waals surface area contributed by atoms with Gasteiger partial charge in [0, 0.05) is 13.2 Å². The lowest BCUT2D eigenvalue weighted by atomic mass is 10.2. The second kappa shape index (κ2) is 4.48. The number of carboxylic acid groups (broad SMARTS) is 1. The second-order valence-corrected chi connectivity index (χ2v) is 4.64. The van der Waals surface area contributed by atoms with Gasteiger partial charge in [0.1, 0.15) is 5.60 Å². The standard InChI is InChI=1S/C11H16N2O4/c1-11(2,3)17-10(16)12-7-5-8(9(14)15)13(4)6-7/h5-6H,1-4H3,(H,12,16)(H,14,15)/p-1. The monoisotopic (exact) mass is 239 g/mol. The van der Waals surface area contributed by atoms with E-state index >= 15 is 0 Å². The Bertz CT molecular complexity index is 443. The number of aromatic nitrogens is 1. The van der Waals surface area contributed by atoms with Crippen LogP contribution in [-0.4, -0.2) is 22.2 Å². The number of nitrogens with one attached hydrogen (secondary N) is 1. The molecule has 1 N–H and O–H groups in total. The molecule has 94 valence electrons. The first-order valence-electron chi connectivity index (χ1n) is 5.07. The number of hydrogen-bond donors (Lipinski definition) is 1. The van der Waals surface area contributed by atoms with Gasteiger partial charge < -0.3 is 19.2 Å². The molecule has 0 atom stereocenters. The first-order valence-corrected chi connectivity index (χ1v) is 5.07. The molecule has 0 aliphatic carbocycles. The van der Waals surface area contributed by atoms with Crippen molar-refractivity contribution in [1.29, 1.82) is 0 Å². The van der Waals surface area contributed by atoms with Crippen LogP contribution >= 0.6 is 0 Å². The summed E-state index contributed by atoms with van der Waals surface area (Å²) in [6, 6.07) is 1.30. The van der Waals surface area contributed by atoms with E-state index < -0.39 is 17.7 Å². The topological polar surface area (TPSA) is 83.4 Å². The summed E-state index contributed by atoms with van der Waals surface area (Å²) >= 11 is 0. The molecule has 1 aromatic rings. The Morgan fingerprint density at radius 3 is 2.41 bits per heavy atom. The SMILES string of the molecule is Cn1cc(NC(=O)OC(C)(C)C)cc1C(=O)[O-]. The van der Waals surface area contributed by atoms with Crippen LogP contribution in [0.25, 0.3) is 0 Å². The maximum atomic E-state index is 11.4. The zero-order valence-corrected chi connectivity index (χ0v) is 10.2. The minimum Gasteiger partial charge on any atom is -0.543 e. The van der Waals surface area contributed by atoms with Crippen LogP contribution in [0.2, 0.25) is 0 Å². The lowest BCUT2D eigenvalue weighted by molar-refractivity contribution is -0.255. The number of amides is 1. The van der Waals surface area contributed by atoms with Crippen molar-refractivity contribution >= 4 is 17.7 Å². The third-order valence-electron chi connectivity index (χ3n) is 1.86. The van der Waals surface area contributed by atoms with Crippen LogP contribution in [0.15, 0.2) is 12.3 Å². The lowest BCUT2D eigenvalue weighted by Gasteiger charge is -2.19. The number of aryl methyl sites for hydroxylation is 1. The van der Waals surface area contributed by atoms with Gasteiger partial charge in [-0.05, 0) is 26.8 Å². The molecule has 1 rings (SSSR count). The van der Waals surface area contributed by atoms with Gasteiger partial charge in [-0.3, -0.25) is 5.32 Å². The summed E-state index contributed by atoms with van der Waals surface area (Å²) in [7, 11) is 1.55. The van der Waals surface area contributed by atoms with Crippen LogP contribution in [0.3, 0.4) is 0 Å². The van der Waals surface area contributed by atoms with Crippen molar-refractivity contribution < 1.29 is 19.4 Å². The molecule has 0 aliphatic rings. The van der Waals surface area contributed by atoms with Crippen molar-refractivity contribution in [2.75, 3.05) is 5.32 Å². The van der Waals surface area contributed by atoms with Crippen LogP contribution in [0.5, 0.6) is 0 Å². The van der Waals surface area contributed by atoms with Crippen LogP contribution in [0.1, 0.15) is 31.3 Å². The highest BCUT2D eigenvalue weighted by Crippen LogP contribution is 2.14. The molecule has 0 fully saturated rings. The normalized spacial score (nSPS) is 11.1. The van der Waals surface area contributed by atoms with E-state index in [2.05, 4.69) is 5.32 Å². The fourth-order valence-electron chi connectivity index (χ4n) is 1.26. The molecule has 1 amide bonds. The fourth-order valence-corrected chi connectivity index (χ4v) is 1.26. The summed E-state index contributed by atoms with van der Waals surface area (Å²) in [4.78, 5) is 22.1. The molecule has 0 radical (unpaired) electrons. The molecule has 6 heteroatoms. The predicted molar refractivity (Wildman–Crippen MR) is 59.6 cm³/mol. The number of anilines is 1. The smallest absolute Gasteiger partial charge is 0.412 e. The van der Waals surface area contributed by atoms with E-state index in [0.717, 1.165) is 0 Å². The number of nitrogens with zero attached hydrogens (tertiary/aromatic N) is 1. The summed E-state index contributed by atoms with van der Waals surface area (Å²) in [5.41, 5.74) is -0.271. The second-order valence-electron chi connectivity index (χ2n) is 4.64. The molecule has 0 aliphatic heterocycles. The van der Waals surface area contributed by atoms with E-state index in [4.69, 9.17) is 4.74 Å². The minimum absolute atomic E-state index is 0.0175. The Hall–Kier alpha value is -1.98. The average molecular weight is 239 g/mol. The van der Waals surface area contributed by atoms with Gasteiger partial charge in [0.2, 0.25) is 0 Å². The fraction of sp³-hybridized carbons (Fsp3) is 0.455. The van der Waals surface area contributed by atoms with E-state index in [0.29, 0.717) is 5.69 Å². The van der Waals surface area contributed by atoms with Gasteiger partial charge in [0.15, 0.2) is 0 Å². The van der Waals surface area contributed by atoms with Crippen molar-refractivity contribution in [2.45, 2.75) is 26.4 Å². The molecule has 0 bridgehead atoms. The minimum atomic E-state index is -1.30. The van der Waals surface area contributed by atoms with Crippen molar-refractivity contribution in [3.8, 4) is 0 Å². The zero-order valence-electron chi connectivity index (χ0n) is 10.2. The Balaban J connectivity index is 2.73. The number of ether oxygens (including phenoxy) is 1. The van der Waals surface area contributed by atoms with Crippen LogP contribution in [0.4, 0.5) is 10.5 Å². The molecule has 0 aromatic carbocycles. The molecule has 0 spiro atoms. The molecule has 17 heavy (non-hydrogen) atoms. The number of aromatic carboxylic acids is 1. The summed E-state index contributed by atoms with van der Waals surface area (Å²) in [6.45, 7) is 5.22. The molecular formula is C11H15N2O4-. The Labute approximate surface area is 99.2 Å². The van der Waals surface area contributed by atoms with E-state index in [1.54, 1.807) is 27.8 Å². The summed E-state index contributed by atoms with van der Waals surface area (Å²) in [6.07, 6.45) is 0.836. The number of carbonyl (C=O) groups is 2. The zero-order chi connectivity index (χ0) is 13.2.